The van der Waals surface area contributed by atoms with Crippen LogP contribution < -0.4 is 14.8 Å². The lowest BCUT2D eigenvalue weighted by molar-refractivity contribution is 0.284. The van der Waals surface area contributed by atoms with Gasteiger partial charge in [-0.2, -0.15) is 0 Å². The van der Waals surface area contributed by atoms with Crippen LogP contribution in [0.3, 0.4) is 0 Å². The molecule has 0 saturated carbocycles. The Labute approximate surface area is 165 Å². The van der Waals surface area contributed by atoms with Crippen LogP contribution in [0.5, 0.6) is 11.5 Å². The van der Waals surface area contributed by atoms with Gasteiger partial charge in [0.15, 0.2) is 11.5 Å². The van der Waals surface area contributed by atoms with Gasteiger partial charge in [-0.1, -0.05) is 41.9 Å². The Kier molecular flexibility index (Phi) is 6.25. The lowest BCUT2D eigenvalue weighted by atomic mass is 10.1. The highest BCUT2D eigenvalue weighted by Crippen LogP contribution is 2.29. The molecule has 0 bridgehead atoms. The number of hydrogen-bond donors (Lipinski definition) is 1. The van der Waals surface area contributed by atoms with Crippen LogP contribution in [-0.2, 0) is 13.2 Å². The van der Waals surface area contributed by atoms with E-state index in [0.717, 1.165) is 39.9 Å². The minimum Gasteiger partial charge on any atom is -0.493 e. The summed E-state index contributed by atoms with van der Waals surface area (Å²) in [6, 6.07) is 19.9. The molecule has 3 aromatic rings. The zero-order chi connectivity index (χ0) is 19.2. The third-order valence-corrected chi connectivity index (χ3v) is 4.88. The van der Waals surface area contributed by atoms with Crippen LogP contribution in [0.25, 0.3) is 0 Å². The van der Waals surface area contributed by atoms with Gasteiger partial charge in [-0.25, -0.2) is 0 Å². The van der Waals surface area contributed by atoms with Gasteiger partial charge in [0.25, 0.3) is 0 Å². The lowest BCUT2D eigenvalue weighted by Gasteiger charge is -2.14. The normalized spacial score (nSPS) is 10.5. The Morgan fingerprint density at radius 2 is 1.63 bits per heavy atom. The molecule has 1 N–H and O–H groups in total. The number of anilines is 1. The van der Waals surface area contributed by atoms with E-state index in [1.165, 1.54) is 11.1 Å². The average molecular weight is 382 g/mol. The standard InChI is InChI=1S/C23H24ClNO2/c1-16-5-4-6-21(17(16)2)25-14-19-9-12-22(23(13-19)26-3)27-15-18-7-10-20(24)11-8-18/h4-13,25H,14-15H2,1-3H3. The van der Waals surface area contributed by atoms with E-state index in [1.54, 1.807) is 7.11 Å². The van der Waals surface area contributed by atoms with Gasteiger partial charge >= 0.3 is 0 Å². The van der Waals surface area contributed by atoms with Gasteiger partial charge in [0.2, 0.25) is 0 Å². The van der Waals surface area contributed by atoms with E-state index in [-0.39, 0.29) is 0 Å². The van der Waals surface area contributed by atoms with Gasteiger partial charge in [-0.3, -0.25) is 0 Å². The molecule has 0 fully saturated rings. The van der Waals surface area contributed by atoms with Gasteiger partial charge in [-0.05, 0) is 66.4 Å². The molecule has 0 aromatic heterocycles. The van der Waals surface area contributed by atoms with Crippen LogP contribution in [0.2, 0.25) is 5.02 Å². The van der Waals surface area contributed by atoms with E-state index in [0.29, 0.717) is 6.61 Å². The Morgan fingerprint density at radius 1 is 0.889 bits per heavy atom. The predicted molar refractivity (Wildman–Crippen MR) is 112 cm³/mol. The monoisotopic (exact) mass is 381 g/mol. The molecule has 0 saturated heterocycles. The fraction of sp³-hybridized carbons (Fsp3) is 0.217. The molecule has 0 amide bonds. The highest BCUT2D eigenvalue weighted by Gasteiger charge is 2.07. The first kappa shape index (κ1) is 19.1. The number of halogens is 1. The minimum absolute atomic E-state index is 0.466. The summed E-state index contributed by atoms with van der Waals surface area (Å²) in [7, 11) is 1.66. The van der Waals surface area contributed by atoms with Gasteiger partial charge in [0.1, 0.15) is 6.61 Å². The summed E-state index contributed by atoms with van der Waals surface area (Å²) in [4.78, 5) is 0. The Balaban J connectivity index is 1.66. The van der Waals surface area contributed by atoms with Gasteiger partial charge in [0, 0.05) is 17.3 Å². The number of rotatable bonds is 7. The maximum absolute atomic E-state index is 5.92. The quantitative estimate of drug-likeness (QED) is 0.531. The van der Waals surface area contributed by atoms with E-state index in [9.17, 15) is 0 Å². The van der Waals surface area contributed by atoms with Crippen LogP contribution >= 0.6 is 11.6 Å². The lowest BCUT2D eigenvalue weighted by Crippen LogP contribution is -2.03. The summed E-state index contributed by atoms with van der Waals surface area (Å²) in [5.74, 6) is 1.45. The molecule has 4 heteroatoms. The summed E-state index contributed by atoms with van der Waals surface area (Å²) in [6.45, 7) is 5.44. The van der Waals surface area contributed by atoms with Gasteiger partial charge in [0.05, 0.1) is 7.11 Å². The number of methoxy groups -OCH3 is 1. The summed E-state index contributed by atoms with van der Waals surface area (Å²) >= 11 is 5.92. The van der Waals surface area contributed by atoms with Crippen LogP contribution in [-0.4, -0.2) is 7.11 Å². The third-order valence-electron chi connectivity index (χ3n) is 4.62. The second-order valence-electron chi connectivity index (χ2n) is 6.50. The molecular weight excluding hydrogens is 358 g/mol. The molecule has 3 rings (SSSR count). The number of nitrogens with one attached hydrogen (secondary N) is 1. The number of aryl methyl sites for hydroxylation is 1. The predicted octanol–water partition coefficient (Wildman–Crippen LogP) is 6.16. The molecule has 140 valence electrons. The van der Waals surface area contributed by atoms with Crippen molar-refractivity contribution >= 4 is 17.3 Å². The summed E-state index contributed by atoms with van der Waals surface area (Å²) in [5, 5.41) is 4.21. The van der Waals surface area contributed by atoms with Gasteiger partial charge in [-0.15, -0.1) is 0 Å². The largest absolute Gasteiger partial charge is 0.493 e. The molecule has 0 heterocycles. The number of hydrogen-bond acceptors (Lipinski definition) is 3. The summed E-state index contributed by atoms with van der Waals surface area (Å²) in [5.41, 5.74) is 5.89. The fourth-order valence-electron chi connectivity index (χ4n) is 2.82. The average Bonchev–Trinajstić information content (AvgIpc) is 2.69. The van der Waals surface area contributed by atoms with Crippen molar-refractivity contribution < 1.29 is 9.47 Å². The molecule has 0 radical (unpaired) electrons. The molecular formula is C23H24ClNO2. The van der Waals surface area contributed by atoms with Crippen molar-refractivity contribution in [3.8, 4) is 11.5 Å². The van der Waals surface area contributed by atoms with Crippen LogP contribution in [0.4, 0.5) is 5.69 Å². The molecule has 0 unspecified atom stereocenters. The topological polar surface area (TPSA) is 30.5 Å². The Bertz CT molecular complexity index is 907. The first-order valence-corrected chi connectivity index (χ1v) is 9.29. The molecule has 0 aliphatic carbocycles. The van der Waals surface area contributed by atoms with Crippen molar-refractivity contribution in [2.75, 3.05) is 12.4 Å². The van der Waals surface area contributed by atoms with Crippen molar-refractivity contribution in [3.05, 3.63) is 87.9 Å². The molecule has 27 heavy (non-hydrogen) atoms. The Morgan fingerprint density at radius 3 is 2.37 bits per heavy atom. The maximum atomic E-state index is 5.92. The van der Waals surface area contributed by atoms with E-state index in [2.05, 4.69) is 43.4 Å². The first-order chi connectivity index (χ1) is 13.1. The smallest absolute Gasteiger partial charge is 0.161 e. The molecule has 3 aromatic carbocycles. The van der Waals surface area contributed by atoms with E-state index < -0.39 is 0 Å². The molecule has 0 aliphatic rings. The van der Waals surface area contributed by atoms with Crippen molar-refractivity contribution in [2.45, 2.75) is 27.0 Å². The number of ether oxygens (including phenoxy) is 2. The molecule has 0 spiro atoms. The third kappa shape index (κ3) is 4.95. The molecule has 0 atom stereocenters. The van der Waals surface area contributed by atoms with Crippen molar-refractivity contribution in [1.82, 2.24) is 0 Å². The van der Waals surface area contributed by atoms with E-state index in [4.69, 9.17) is 21.1 Å². The highest BCUT2D eigenvalue weighted by atomic mass is 35.5. The summed E-state index contributed by atoms with van der Waals surface area (Å²) < 4.78 is 11.4. The van der Waals surface area contributed by atoms with Crippen LogP contribution in [0.15, 0.2) is 60.7 Å². The zero-order valence-corrected chi connectivity index (χ0v) is 16.6. The molecule has 3 nitrogen and oxygen atoms in total. The summed E-state index contributed by atoms with van der Waals surface area (Å²) in [6.07, 6.45) is 0. The fourth-order valence-corrected chi connectivity index (χ4v) is 2.95. The van der Waals surface area contributed by atoms with Crippen LogP contribution in [0, 0.1) is 13.8 Å². The van der Waals surface area contributed by atoms with Crippen LogP contribution in [0.1, 0.15) is 22.3 Å². The van der Waals surface area contributed by atoms with Gasteiger partial charge < -0.3 is 14.8 Å². The maximum Gasteiger partial charge on any atom is 0.161 e. The van der Waals surface area contributed by atoms with Crippen molar-refractivity contribution in [2.24, 2.45) is 0 Å². The van der Waals surface area contributed by atoms with E-state index in [1.807, 2.05) is 36.4 Å². The SMILES string of the molecule is COc1cc(CNc2cccc(C)c2C)ccc1OCc1ccc(Cl)cc1. The second kappa shape index (κ2) is 8.83. The Hall–Kier alpha value is -2.65. The van der Waals surface area contributed by atoms with E-state index >= 15 is 0 Å². The highest BCUT2D eigenvalue weighted by molar-refractivity contribution is 6.30. The number of benzene rings is 3. The zero-order valence-electron chi connectivity index (χ0n) is 15.9. The second-order valence-corrected chi connectivity index (χ2v) is 6.94. The minimum atomic E-state index is 0.466. The van der Waals surface area contributed by atoms with Crippen molar-refractivity contribution in [1.29, 1.82) is 0 Å². The molecule has 0 aliphatic heterocycles. The first-order valence-electron chi connectivity index (χ1n) is 8.91. The van der Waals surface area contributed by atoms with Crippen molar-refractivity contribution in [3.63, 3.8) is 0 Å².